The van der Waals surface area contributed by atoms with Crippen molar-refractivity contribution in [3.05, 3.63) is 0 Å². The molecular weight excluding hydrogens is 118 g/mol. The number of Topliss-reactive ketones (excluding diaryl/α,β-unsaturated/α-hetero) is 1. The second-order valence-electron chi connectivity index (χ2n) is 2.17. The van der Waals surface area contributed by atoms with E-state index in [0.717, 1.165) is 0 Å². The number of nitrogens with one attached hydrogen (secondary N) is 1. The molecule has 1 N–H and O–H groups in total. The van der Waals surface area contributed by atoms with Crippen LogP contribution in [0.15, 0.2) is 0 Å². The average molecular weight is 127 g/mol. The third-order valence-electron chi connectivity index (χ3n) is 1.47. The summed E-state index contributed by atoms with van der Waals surface area (Å²) in [6.45, 7) is 1.88. The SMILES string of the molecule is CC[C@H]1NC(=O)CC1=O. The summed E-state index contributed by atoms with van der Waals surface area (Å²) in [5.41, 5.74) is 0. The highest BCUT2D eigenvalue weighted by Crippen LogP contribution is 2.04. The first-order valence-electron chi connectivity index (χ1n) is 3.06. The Hall–Kier alpha value is -0.860. The summed E-state index contributed by atoms with van der Waals surface area (Å²) in [4.78, 5) is 21.2. The fourth-order valence-corrected chi connectivity index (χ4v) is 0.937. The van der Waals surface area contributed by atoms with Gasteiger partial charge in [-0.25, -0.2) is 0 Å². The molecule has 1 amide bonds. The number of hydrogen-bond acceptors (Lipinski definition) is 2. The largest absolute Gasteiger partial charge is 0.346 e. The highest BCUT2D eigenvalue weighted by Gasteiger charge is 2.27. The predicted molar refractivity (Wildman–Crippen MR) is 31.8 cm³/mol. The molecule has 1 fully saturated rings. The number of amides is 1. The van der Waals surface area contributed by atoms with E-state index in [-0.39, 0.29) is 24.2 Å². The third-order valence-corrected chi connectivity index (χ3v) is 1.47. The Morgan fingerprint density at radius 1 is 1.67 bits per heavy atom. The maximum Gasteiger partial charge on any atom is 0.228 e. The van der Waals surface area contributed by atoms with E-state index in [9.17, 15) is 9.59 Å². The van der Waals surface area contributed by atoms with Crippen molar-refractivity contribution in [3.8, 4) is 0 Å². The van der Waals surface area contributed by atoms with Gasteiger partial charge in [0.1, 0.15) is 0 Å². The van der Waals surface area contributed by atoms with Crippen molar-refractivity contribution in [3.63, 3.8) is 0 Å². The van der Waals surface area contributed by atoms with Crippen LogP contribution in [0.5, 0.6) is 0 Å². The van der Waals surface area contributed by atoms with Crippen LogP contribution < -0.4 is 5.32 Å². The van der Waals surface area contributed by atoms with Gasteiger partial charge in [-0.15, -0.1) is 0 Å². The molecule has 1 saturated heterocycles. The molecule has 1 aliphatic heterocycles. The highest BCUT2D eigenvalue weighted by atomic mass is 16.2. The lowest BCUT2D eigenvalue weighted by molar-refractivity contribution is -0.122. The van der Waals surface area contributed by atoms with Crippen LogP contribution in [0.2, 0.25) is 0 Å². The monoisotopic (exact) mass is 127 g/mol. The fourth-order valence-electron chi connectivity index (χ4n) is 0.937. The van der Waals surface area contributed by atoms with Crippen LogP contribution in [0.1, 0.15) is 19.8 Å². The lowest BCUT2D eigenvalue weighted by Gasteiger charge is -2.01. The second-order valence-corrected chi connectivity index (χ2v) is 2.17. The molecule has 3 nitrogen and oxygen atoms in total. The number of carbonyl (C=O) groups excluding carboxylic acids is 2. The van der Waals surface area contributed by atoms with Crippen LogP contribution >= 0.6 is 0 Å². The molecule has 0 aromatic heterocycles. The van der Waals surface area contributed by atoms with E-state index in [1.54, 1.807) is 0 Å². The van der Waals surface area contributed by atoms with Gasteiger partial charge in [0.15, 0.2) is 5.78 Å². The molecule has 3 heteroatoms. The maximum atomic E-state index is 10.7. The molecule has 0 unspecified atom stereocenters. The van der Waals surface area contributed by atoms with Crippen molar-refractivity contribution in [2.75, 3.05) is 0 Å². The van der Waals surface area contributed by atoms with Crippen molar-refractivity contribution in [2.45, 2.75) is 25.8 Å². The maximum absolute atomic E-state index is 10.7. The quantitative estimate of drug-likeness (QED) is 0.498. The van der Waals surface area contributed by atoms with Crippen LogP contribution in [0.4, 0.5) is 0 Å². The third kappa shape index (κ3) is 1.09. The Kier molecular flexibility index (Phi) is 1.51. The number of hydrogen-bond donors (Lipinski definition) is 1. The van der Waals surface area contributed by atoms with Crippen molar-refractivity contribution in [2.24, 2.45) is 0 Å². The zero-order chi connectivity index (χ0) is 6.85. The summed E-state index contributed by atoms with van der Waals surface area (Å²) in [5, 5.41) is 2.56. The van der Waals surface area contributed by atoms with Gasteiger partial charge in [0, 0.05) is 0 Å². The first kappa shape index (κ1) is 6.26. The van der Waals surface area contributed by atoms with Gasteiger partial charge in [-0.3, -0.25) is 9.59 Å². The molecule has 0 saturated carbocycles. The predicted octanol–water partition coefficient (Wildman–Crippen LogP) is -0.146. The highest BCUT2D eigenvalue weighted by molar-refractivity contribution is 6.07. The zero-order valence-electron chi connectivity index (χ0n) is 5.31. The molecule has 0 radical (unpaired) electrons. The molecule has 0 spiro atoms. The molecular formula is C6H9NO2. The van der Waals surface area contributed by atoms with Gasteiger partial charge in [0.25, 0.3) is 0 Å². The summed E-state index contributed by atoms with van der Waals surface area (Å²) in [5.74, 6) is -0.102. The minimum atomic E-state index is -0.197. The van der Waals surface area contributed by atoms with Gasteiger partial charge < -0.3 is 5.32 Å². The summed E-state index contributed by atoms with van der Waals surface area (Å²) >= 11 is 0. The Morgan fingerprint density at radius 3 is 2.56 bits per heavy atom. The Morgan fingerprint density at radius 2 is 2.33 bits per heavy atom. The minimum Gasteiger partial charge on any atom is -0.346 e. The van der Waals surface area contributed by atoms with Crippen LogP contribution in [0.3, 0.4) is 0 Å². The van der Waals surface area contributed by atoms with Gasteiger partial charge in [-0.2, -0.15) is 0 Å². The Bertz CT molecular complexity index is 153. The molecule has 50 valence electrons. The van der Waals surface area contributed by atoms with E-state index in [1.165, 1.54) is 0 Å². The average Bonchev–Trinajstić information content (AvgIpc) is 2.10. The van der Waals surface area contributed by atoms with Gasteiger partial charge in [0.05, 0.1) is 12.5 Å². The van der Waals surface area contributed by atoms with E-state index in [4.69, 9.17) is 0 Å². The van der Waals surface area contributed by atoms with Crippen molar-refractivity contribution < 1.29 is 9.59 Å². The van der Waals surface area contributed by atoms with E-state index in [2.05, 4.69) is 5.32 Å². The number of rotatable bonds is 1. The molecule has 0 bridgehead atoms. The van der Waals surface area contributed by atoms with Gasteiger partial charge in [0.2, 0.25) is 5.91 Å². The van der Waals surface area contributed by atoms with Crippen molar-refractivity contribution in [1.82, 2.24) is 5.32 Å². The van der Waals surface area contributed by atoms with E-state index >= 15 is 0 Å². The summed E-state index contributed by atoms with van der Waals surface area (Å²) in [6.07, 6.45) is 0.795. The first-order chi connectivity index (χ1) is 4.24. The summed E-state index contributed by atoms with van der Waals surface area (Å²) < 4.78 is 0. The lowest BCUT2D eigenvalue weighted by atomic mass is 10.2. The molecule has 1 aliphatic rings. The van der Waals surface area contributed by atoms with Crippen LogP contribution in [0.25, 0.3) is 0 Å². The van der Waals surface area contributed by atoms with E-state index in [1.807, 2.05) is 6.92 Å². The van der Waals surface area contributed by atoms with Crippen molar-refractivity contribution in [1.29, 1.82) is 0 Å². The van der Waals surface area contributed by atoms with E-state index < -0.39 is 0 Å². The molecule has 1 rings (SSSR count). The van der Waals surface area contributed by atoms with Crippen LogP contribution in [-0.4, -0.2) is 17.7 Å². The minimum absolute atomic E-state index is 0.0301. The molecule has 0 aromatic rings. The standard InChI is InChI=1S/C6H9NO2/c1-2-4-5(8)3-6(9)7-4/h4H,2-3H2,1H3,(H,7,9)/t4-/m1/s1. The molecule has 0 aromatic carbocycles. The van der Waals surface area contributed by atoms with E-state index in [0.29, 0.717) is 6.42 Å². The Balaban J connectivity index is 2.58. The first-order valence-corrected chi connectivity index (χ1v) is 3.06. The molecule has 1 heterocycles. The fraction of sp³-hybridized carbons (Fsp3) is 0.667. The van der Waals surface area contributed by atoms with Crippen LogP contribution in [0, 0.1) is 0 Å². The summed E-state index contributed by atoms with van der Waals surface area (Å²) in [6, 6.07) is -0.197. The van der Waals surface area contributed by atoms with Crippen LogP contribution in [-0.2, 0) is 9.59 Å². The van der Waals surface area contributed by atoms with Crippen molar-refractivity contribution >= 4 is 11.7 Å². The smallest absolute Gasteiger partial charge is 0.228 e. The number of carbonyl (C=O) groups is 2. The summed E-state index contributed by atoms with van der Waals surface area (Å²) in [7, 11) is 0. The second kappa shape index (κ2) is 2.17. The van der Waals surface area contributed by atoms with Gasteiger partial charge in [-0.05, 0) is 6.42 Å². The molecule has 0 aliphatic carbocycles. The zero-order valence-corrected chi connectivity index (χ0v) is 5.31. The van der Waals surface area contributed by atoms with Gasteiger partial charge in [-0.1, -0.05) is 6.92 Å². The Labute approximate surface area is 53.4 Å². The molecule has 1 atom stereocenters. The molecule has 9 heavy (non-hydrogen) atoms. The number of ketones is 1. The topological polar surface area (TPSA) is 46.2 Å². The lowest BCUT2D eigenvalue weighted by Crippen LogP contribution is -2.27. The normalized spacial score (nSPS) is 26.6. The van der Waals surface area contributed by atoms with Gasteiger partial charge >= 0.3 is 0 Å².